The number of carbonyl (C=O) groups is 2. The van der Waals surface area contributed by atoms with Crippen LogP contribution in [0.4, 0.5) is 10.5 Å². The Morgan fingerprint density at radius 3 is 2.70 bits per heavy atom. The molecule has 6 heteroatoms. The number of carbonyl (C=O) groups excluding carboxylic acids is 1. The van der Waals surface area contributed by atoms with Gasteiger partial charge in [0.15, 0.2) is 0 Å². The molecule has 110 valence electrons. The fourth-order valence-electron chi connectivity index (χ4n) is 1.91. The highest BCUT2D eigenvalue weighted by atomic mass is 16.5. The quantitative estimate of drug-likeness (QED) is 0.838. The van der Waals surface area contributed by atoms with Gasteiger partial charge in [0.1, 0.15) is 5.75 Å². The molecular weight excluding hydrogens is 260 g/mol. The lowest BCUT2D eigenvalue weighted by Gasteiger charge is -2.27. The molecule has 0 aliphatic rings. The number of nitrogens with zero attached hydrogens (tertiary/aromatic N) is 1. The Hall–Kier alpha value is -2.24. The molecule has 1 unspecified atom stereocenters. The van der Waals surface area contributed by atoms with E-state index in [0.29, 0.717) is 18.0 Å². The Morgan fingerprint density at radius 2 is 2.15 bits per heavy atom. The predicted octanol–water partition coefficient (Wildman–Crippen LogP) is 2.41. The third kappa shape index (κ3) is 4.46. The summed E-state index contributed by atoms with van der Waals surface area (Å²) in [5, 5.41) is 11.5. The number of hydrogen-bond acceptors (Lipinski definition) is 3. The van der Waals surface area contributed by atoms with E-state index in [4.69, 9.17) is 9.84 Å². The van der Waals surface area contributed by atoms with Crippen LogP contribution in [0.1, 0.15) is 20.3 Å². The number of aliphatic carboxylic acids is 1. The predicted molar refractivity (Wildman–Crippen MR) is 76.1 cm³/mol. The number of carboxylic acid groups (broad SMARTS) is 1. The number of anilines is 1. The van der Waals surface area contributed by atoms with Crippen molar-refractivity contribution in [2.24, 2.45) is 0 Å². The van der Waals surface area contributed by atoms with E-state index in [2.05, 4.69) is 5.32 Å². The number of urea groups is 1. The number of amides is 2. The first-order valence-electron chi connectivity index (χ1n) is 6.41. The van der Waals surface area contributed by atoms with Gasteiger partial charge in [0, 0.05) is 24.3 Å². The van der Waals surface area contributed by atoms with Crippen LogP contribution < -0.4 is 10.1 Å². The fourth-order valence-corrected chi connectivity index (χ4v) is 1.91. The second-order valence-electron chi connectivity index (χ2n) is 4.40. The lowest BCUT2D eigenvalue weighted by atomic mass is 10.2. The lowest BCUT2D eigenvalue weighted by molar-refractivity contribution is -0.137. The molecule has 0 fully saturated rings. The highest BCUT2D eigenvalue weighted by Crippen LogP contribution is 2.17. The van der Waals surface area contributed by atoms with Crippen molar-refractivity contribution in [3.63, 3.8) is 0 Å². The van der Waals surface area contributed by atoms with Crippen molar-refractivity contribution >= 4 is 17.7 Å². The Morgan fingerprint density at radius 1 is 1.45 bits per heavy atom. The van der Waals surface area contributed by atoms with Gasteiger partial charge < -0.3 is 20.1 Å². The van der Waals surface area contributed by atoms with Crippen molar-refractivity contribution in [2.45, 2.75) is 26.3 Å². The van der Waals surface area contributed by atoms with Crippen molar-refractivity contribution in [1.82, 2.24) is 4.90 Å². The molecule has 1 aromatic carbocycles. The highest BCUT2D eigenvalue weighted by Gasteiger charge is 2.20. The van der Waals surface area contributed by atoms with Gasteiger partial charge >= 0.3 is 12.0 Å². The van der Waals surface area contributed by atoms with Crippen molar-refractivity contribution in [1.29, 1.82) is 0 Å². The molecule has 20 heavy (non-hydrogen) atoms. The van der Waals surface area contributed by atoms with Crippen LogP contribution >= 0.6 is 0 Å². The van der Waals surface area contributed by atoms with E-state index in [0.717, 1.165) is 0 Å². The largest absolute Gasteiger partial charge is 0.497 e. The van der Waals surface area contributed by atoms with Crippen molar-refractivity contribution in [3.8, 4) is 5.75 Å². The summed E-state index contributed by atoms with van der Waals surface area (Å²) < 4.78 is 5.08. The van der Waals surface area contributed by atoms with Gasteiger partial charge in [-0.25, -0.2) is 4.79 Å². The molecule has 2 N–H and O–H groups in total. The van der Waals surface area contributed by atoms with Crippen molar-refractivity contribution in [2.75, 3.05) is 19.0 Å². The molecular formula is C14H20N2O4. The molecule has 0 aliphatic heterocycles. The van der Waals surface area contributed by atoms with Gasteiger partial charge in [-0.1, -0.05) is 6.07 Å². The van der Waals surface area contributed by atoms with Crippen LogP contribution in [0.5, 0.6) is 5.75 Å². The third-order valence-electron chi connectivity index (χ3n) is 2.92. The van der Waals surface area contributed by atoms with E-state index in [9.17, 15) is 9.59 Å². The highest BCUT2D eigenvalue weighted by molar-refractivity contribution is 5.90. The smallest absolute Gasteiger partial charge is 0.322 e. The first-order valence-corrected chi connectivity index (χ1v) is 6.41. The molecule has 0 bridgehead atoms. The zero-order chi connectivity index (χ0) is 15.1. The Kier molecular flexibility index (Phi) is 5.83. The maximum atomic E-state index is 12.1. The minimum Gasteiger partial charge on any atom is -0.497 e. The van der Waals surface area contributed by atoms with Crippen LogP contribution in [0.3, 0.4) is 0 Å². The summed E-state index contributed by atoms with van der Waals surface area (Å²) in [6.45, 7) is 3.95. The van der Waals surface area contributed by atoms with Gasteiger partial charge in [0.2, 0.25) is 0 Å². The summed E-state index contributed by atoms with van der Waals surface area (Å²) in [6.07, 6.45) is -0.0840. The second-order valence-corrected chi connectivity index (χ2v) is 4.40. The Labute approximate surface area is 118 Å². The van der Waals surface area contributed by atoms with Crippen LogP contribution in [0.15, 0.2) is 24.3 Å². The normalized spacial score (nSPS) is 11.6. The first-order chi connectivity index (χ1) is 9.47. The zero-order valence-electron chi connectivity index (χ0n) is 11.9. The molecule has 0 spiro atoms. The van der Waals surface area contributed by atoms with Crippen LogP contribution in [-0.2, 0) is 4.79 Å². The molecule has 1 rings (SSSR count). The number of ether oxygens (including phenoxy) is 1. The average Bonchev–Trinajstić information content (AvgIpc) is 2.38. The van der Waals surface area contributed by atoms with Gasteiger partial charge in [0.05, 0.1) is 13.5 Å². The summed E-state index contributed by atoms with van der Waals surface area (Å²) >= 11 is 0. The summed E-state index contributed by atoms with van der Waals surface area (Å²) in [5.74, 6) is -0.283. The van der Waals surface area contributed by atoms with Crippen LogP contribution in [0.25, 0.3) is 0 Å². The van der Waals surface area contributed by atoms with Gasteiger partial charge in [0.25, 0.3) is 0 Å². The van der Waals surface area contributed by atoms with Gasteiger partial charge in [-0.2, -0.15) is 0 Å². The molecule has 1 aromatic rings. The third-order valence-corrected chi connectivity index (χ3v) is 2.92. The molecule has 1 atom stereocenters. The Balaban J connectivity index is 2.73. The lowest BCUT2D eigenvalue weighted by Crippen LogP contribution is -2.42. The number of benzene rings is 1. The summed E-state index contributed by atoms with van der Waals surface area (Å²) in [4.78, 5) is 24.3. The maximum Gasteiger partial charge on any atom is 0.322 e. The topological polar surface area (TPSA) is 78.9 Å². The molecule has 0 aromatic heterocycles. The van der Waals surface area contributed by atoms with Crippen LogP contribution in [0.2, 0.25) is 0 Å². The number of hydrogen-bond donors (Lipinski definition) is 2. The van der Waals surface area contributed by atoms with E-state index in [1.54, 1.807) is 38.3 Å². The summed E-state index contributed by atoms with van der Waals surface area (Å²) in [5.41, 5.74) is 0.607. The van der Waals surface area contributed by atoms with E-state index in [-0.39, 0.29) is 18.5 Å². The van der Waals surface area contributed by atoms with Crippen molar-refractivity contribution in [3.05, 3.63) is 24.3 Å². The minimum absolute atomic E-state index is 0.0840. The van der Waals surface area contributed by atoms with Gasteiger partial charge in [-0.15, -0.1) is 0 Å². The number of methoxy groups -OCH3 is 1. The number of carboxylic acids is 1. The van der Waals surface area contributed by atoms with Gasteiger partial charge in [-0.3, -0.25) is 4.79 Å². The van der Waals surface area contributed by atoms with E-state index in [1.807, 2.05) is 6.92 Å². The zero-order valence-corrected chi connectivity index (χ0v) is 11.9. The first kappa shape index (κ1) is 15.8. The van der Waals surface area contributed by atoms with Crippen LogP contribution in [-0.4, -0.2) is 41.7 Å². The minimum atomic E-state index is -0.926. The molecule has 0 saturated heterocycles. The van der Waals surface area contributed by atoms with E-state index >= 15 is 0 Å². The Bertz CT molecular complexity index is 476. The standard InChI is InChI=1S/C14H20N2O4/c1-4-16(10(2)8-13(17)18)14(19)15-11-6-5-7-12(9-11)20-3/h5-7,9-10H,4,8H2,1-3H3,(H,15,19)(H,17,18). The average molecular weight is 280 g/mol. The summed E-state index contributed by atoms with van der Waals surface area (Å²) in [7, 11) is 1.55. The maximum absolute atomic E-state index is 12.1. The number of rotatable bonds is 6. The monoisotopic (exact) mass is 280 g/mol. The van der Waals surface area contributed by atoms with E-state index in [1.165, 1.54) is 4.90 Å². The molecule has 0 aliphatic carbocycles. The molecule has 0 saturated carbocycles. The molecule has 0 heterocycles. The second kappa shape index (κ2) is 7.37. The summed E-state index contributed by atoms with van der Waals surface area (Å²) in [6, 6.07) is 6.30. The molecule has 0 radical (unpaired) electrons. The van der Waals surface area contributed by atoms with Gasteiger partial charge in [-0.05, 0) is 26.0 Å². The molecule has 2 amide bonds. The van der Waals surface area contributed by atoms with Crippen LogP contribution in [0, 0.1) is 0 Å². The van der Waals surface area contributed by atoms with Crippen molar-refractivity contribution < 1.29 is 19.4 Å². The SMILES string of the molecule is CCN(C(=O)Nc1cccc(OC)c1)C(C)CC(=O)O. The fraction of sp³-hybridized carbons (Fsp3) is 0.429. The molecule has 6 nitrogen and oxygen atoms in total. The van der Waals surface area contributed by atoms with E-state index < -0.39 is 5.97 Å². The number of nitrogens with one attached hydrogen (secondary N) is 1.